The van der Waals surface area contributed by atoms with Gasteiger partial charge in [-0.05, 0) is 43.9 Å². The molecular weight excluding hydrogens is 424 g/mol. The van der Waals surface area contributed by atoms with E-state index in [0.29, 0.717) is 13.2 Å². The molecule has 0 aromatic heterocycles. The molecule has 4 nitrogen and oxygen atoms in total. The summed E-state index contributed by atoms with van der Waals surface area (Å²) in [5, 5.41) is 0. The zero-order valence-corrected chi connectivity index (χ0v) is 20.7. The second kappa shape index (κ2) is 12.0. The van der Waals surface area contributed by atoms with E-state index in [-0.39, 0.29) is 18.5 Å². The average Bonchev–Trinajstić information content (AvgIpc) is 2.84. The van der Waals surface area contributed by atoms with Crippen molar-refractivity contribution in [1.29, 1.82) is 0 Å². The van der Waals surface area contributed by atoms with Crippen LogP contribution in [0.4, 0.5) is 0 Å². The summed E-state index contributed by atoms with van der Waals surface area (Å²) in [7, 11) is 0. The monoisotopic (exact) mass is 460 g/mol. The van der Waals surface area contributed by atoms with E-state index >= 15 is 0 Å². The Labute approximate surface area is 203 Å². The summed E-state index contributed by atoms with van der Waals surface area (Å²) < 4.78 is 18.0. The normalized spacial score (nSPS) is 12.8. The zero-order valence-electron chi connectivity index (χ0n) is 20.7. The molecule has 3 rings (SSSR count). The van der Waals surface area contributed by atoms with E-state index in [2.05, 4.69) is 43.3 Å². The van der Waals surface area contributed by atoms with Crippen LogP contribution in [0.25, 0.3) is 0 Å². The van der Waals surface area contributed by atoms with Gasteiger partial charge < -0.3 is 14.2 Å². The second-order valence-electron chi connectivity index (χ2n) is 9.47. The molecule has 0 heterocycles. The molecule has 0 aliphatic rings. The molecule has 0 aliphatic heterocycles. The molecule has 0 saturated heterocycles. The summed E-state index contributed by atoms with van der Waals surface area (Å²) in [5.74, 6) is -0.228. The van der Waals surface area contributed by atoms with E-state index in [1.165, 1.54) is 0 Å². The molecule has 0 radical (unpaired) electrons. The predicted molar refractivity (Wildman–Crippen MR) is 136 cm³/mol. The molecule has 3 aromatic carbocycles. The van der Waals surface area contributed by atoms with E-state index in [1.807, 2.05) is 75.4 Å². The minimum Gasteiger partial charge on any atom is -0.458 e. The highest BCUT2D eigenvalue weighted by molar-refractivity contribution is 5.71. The largest absolute Gasteiger partial charge is 0.458 e. The molecule has 0 bridgehead atoms. The van der Waals surface area contributed by atoms with Crippen LogP contribution < -0.4 is 0 Å². The third-order valence-electron chi connectivity index (χ3n) is 5.65. The Kier molecular flexibility index (Phi) is 9.03. The molecule has 180 valence electrons. The highest BCUT2D eigenvalue weighted by Gasteiger charge is 2.38. The van der Waals surface area contributed by atoms with Crippen molar-refractivity contribution in [1.82, 2.24) is 0 Å². The highest BCUT2D eigenvalue weighted by atomic mass is 16.6. The van der Waals surface area contributed by atoms with Crippen LogP contribution >= 0.6 is 0 Å². The van der Waals surface area contributed by atoms with Crippen molar-refractivity contribution in [2.75, 3.05) is 19.8 Å². The molecule has 1 unspecified atom stereocenters. The molecule has 0 spiro atoms. The van der Waals surface area contributed by atoms with Crippen LogP contribution in [-0.4, -0.2) is 31.4 Å². The van der Waals surface area contributed by atoms with Crippen LogP contribution in [0, 0.1) is 5.92 Å². The standard InChI is InChI=1S/C30H36O4/c1-5-24(21-32-23-28(31)34-29(2,3)4)22-33-30(25-15-9-6-10-16-25,26-17-11-7-12-18-26)27-19-13-8-14-20-27/h6-20,24H,5,21-23H2,1-4H3. The van der Waals surface area contributed by atoms with E-state index in [0.717, 1.165) is 23.1 Å². The number of rotatable bonds is 11. The number of esters is 1. The van der Waals surface area contributed by atoms with Crippen LogP contribution in [-0.2, 0) is 24.6 Å². The summed E-state index contributed by atoms with van der Waals surface area (Å²) in [6, 6.07) is 31.0. The van der Waals surface area contributed by atoms with Gasteiger partial charge in [-0.2, -0.15) is 0 Å². The molecule has 4 heteroatoms. The van der Waals surface area contributed by atoms with E-state index in [9.17, 15) is 4.79 Å². The van der Waals surface area contributed by atoms with Crippen molar-refractivity contribution in [2.24, 2.45) is 5.92 Å². The number of ether oxygens (including phenoxy) is 3. The van der Waals surface area contributed by atoms with Gasteiger partial charge in [0, 0.05) is 5.92 Å². The van der Waals surface area contributed by atoms with E-state index < -0.39 is 11.2 Å². The zero-order chi connectivity index (χ0) is 24.4. The maximum atomic E-state index is 12.0. The molecule has 1 atom stereocenters. The third kappa shape index (κ3) is 6.78. The fraction of sp³-hybridized carbons (Fsp3) is 0.367. The topological polar surface area (TPSA) is 44.8 Å². The van der Waals surface area contributed by atoms with Crippen molar-refractivity contribution < 1.29 is 19.0 Å². The fourth-order valence-corrected chi connectivity index (χ4v) is 3.98. The molecular formula is C30H36O4. The number of carbonyl (C=O) groups excluding carboxylic acids is 1. The third-order valence-corrected chi connectivity index (χ3v) is 5.65. The Morgan fingerprint density at radius 1 is 0.735 bits per heavy atom. The lowest BCUT2D eigenvalue weighted by Crippen LogP contribution is -2.35. The minimum atomic E-state index is -0.762. The van der Waals surface area contributed by atoms with Gasteiger partial charge in [-0.1, -0.05) is 97.9 Å². The van der Waals surface area contributed by atoms with Crippen LogP contribution in [0.1, 0.15) is 50.8 Å². The first-order valence-corrected chi connectivity index (χ1v) is 11.9. The first-order valence-electron chi connectivity index (χ1n) is 11.9. The van der Waals surface area contributed by atoms with Gasteiger partial charge in [0.2, 0.25) is 0 Å². The van der Waals surface area contributed by atoms with Gasteiger partial charge in [0.25, 0.3) is 0 Å². The molecule has 0 fully saturated rings. The van der Waals surface area contributed by atoms with Crippen molar-refractivity contribution in [3.63, 3.8) is 0 Å². The SMILES string of the molecule is CCC(COCC(=O)OC(C)(C)C)COC(c1ccccc1)(c1ccccc1)c1ccccc1. The Bertz CT molecular complexity index is 898. The Balaban J connectivity index is 1.84. The molecule has 34 heavy (non-hydrogen) atoms. The van der Waals surface area contributed by atoms with Crippen molar-refractivity contribution in [3.8, 4) is 0 Å². The maximum Gasteiger partial charge on any atom is 0.332 e. The summed E-state index contributed by atoms with van der Waals surface area (Å²) in [4.78, 5) is 12.0. The second-order valence-corrected chi connectivity index (χ2v) is 9.47. The molecule has 0 aliphatic carbocycles. The van der Waals surface area contributed by atoms with E-state index in [1.54, 1.807) is 0 Å². The smallest absolute Gasteiger partial charge is 0.332 e. The number of hydrogen-bond donors (Lipinski definition) is 0. The van der Waals surface area contributed by atoms with Crippen LogP contribution in [0.5, 0.6) is 0 Å². The summed E-state index contributed by atoms with van der Waals surface area (Å²) in [5.41, 5.74) is 1.92. The Morgan fingerprint density at radius 3 is 1.56 bits per heavy atom. The molecule has 0 saturated carbocycles. The highest BCUT2D eigenvalue weighted by Crippen LogP contribution is 2.40. The molecule has 0 N–H and O–H groups in total. The van der Waals surface area contributed by atoms with Crippen LogP contribution in [0.3, 0.4) is 0 Å². The van der Waals surface area contributed by atoms with Gasteiger partial charge in [-0.15, -0.1) is 0 Å². The lowest BCUT2D eigenvalue weighted by molar-refractivity contribution is -0.161. The fourth-order valence-electron chi connectivity index (χ4n) is 3.98. The number of carbonyl (C=O) groups is 1. The summed E-state index contributed by atoms with van der Waals surface area (Å²) in [6.07, 6.45) is 0.864. The Hall–Kier alpha value is -2.95. The predicted octanol–water partition coefficient (Wildman–Crippen LogP) is 6.38. The van der Waals surface area contributed by atoms with Gasteiger partial charge >= 0.3 is 5.97 Å². The molecule has 0 amide bonds. The van der Waals surface area contributed by atoms with Gasteiger partial charge in [0.15, 0.2) is 0 Å². The lowest BCUT2D eigenvalue weighted by atomic mass is 9.80. The number of hydrogen-bond acceptors (Lipinski definition) is 4. The van der Waals surface area contributed by atoms with Crippen LogP contribution in [0.15, 0.2) is 91.0 Å². The van der Waals surface area contributed by atoms with E-state index in [4.69, 9.17) is 14.2 Å². The lowest BCUT2D eigenvalue weighted by Gasteiger charge is -2.37. The van der Waals surface area contributed by atoms with Crippen molar-refractivity contribution in [2.45, 2.75) is 45.3 Å². The van der Waals surface area contributed by atoms with Gasteiger partial charge in [0.1, 0.15) is 17.8 Å². The van der Waals surface area contributed by atoms with Crippen LogP contribution in [0.2, 0.25) is 0 Å². The first kappa shape index (κ1) is 25.7. The van der Waals surface area contributed by atoms with Crippen molar-refractivity contribution in [3.05, 3.63) is 108 Å². The Morgan fingerprint density at radius 2 is 1.18 bits per heavy atom. The minimum absolute atomic E-state index is 0.0605. The quantitative estimate of drug-likeness (QED) is 0.246. The van der Waals surface area contributed by atoms with Gasteiger partial charge in [-0.3, -0.25) is 0 Å². The molecule has 3 aromatic rings. The van der Waals surface area contributed by atoms with Gasteiger partial charge in [-0.25, -0.2) is 4.79 Å². The average molecular weight is 461 g/mol. The number of benzene rings is 3. The summed E-state index contributed by atoms with van der Waals surface area (Å²) >= 11 is 0. The van der Waals surface area contributed by atoms with Gasteiger partial charge in [0.05, 0.1) is 13.2 Å². The summed E-state index contributed by atoms with van der Waals surface area (Å²) in [6.45, 7) is 8.50. The van der Waals surface area contributed by atoms with Crippen molar-refractivity contribution >= 4 is 5.97 Å². The maximum absolute atomic E-state index is 12.0. The first-order chi connectivity index (χ1) is 16.3.